The van der Waals surface area contributed by atoms with Crippen LogP contribution in [-0.2, 0) is 19.0 Å². The molecule has 0 saturated carbocycles. The molecule has 112 valence electrons. The van der Waals surface area contributed by atoms with Gasteiger partial charge in [-0.05, 0) is 14.0 Å². The van der Waals surface area contributed by atoms with Crippen molar-refractivity contribution in [3.8, 4) is 0 Å². The molecule has 1 saturated heterocycles. The van der Waals surface area contributed by atoms with Gasteiger partial charge in [0.2, 0.25) is 5.91 Å². The van der Waals surface area contributed by atoms with Gasteiger partial charge in [0.1, 0.15) is 0 Å². The molecule has 0 aromatic rings. The maximum absolute atomic E-state index is 12.6. The number of carbonyl (C=O) groups excluding carboxylic acids is 1. The molecule has 6 heteroatoms. The SMILES string of the molecule is CNC1COCC1C(=O)N(CCOC)C(C)COC. The summed E-state index contributed by atoms with van der Waals surface area (Å²) in [7, 11) is 5.14. The van der Waals surface area contributed by atoms with Crippen molar-refractivity contribution in [3.63, 3.8) is 0 Å². The van der Waals surface area contributed by atoms with Gasteiger partial charge in [-0.2, -0.15) is 0 Å². The maximum Gasteiger partial charge on any atom is 0.230 e. The molecule has 3 unspecified atom stereocenters. The molecular weight excluding hydrogens is 248 g/mol. The molecule has 1 aliphatic rings. The van der Waals surface area contributed by atoms with Crippen LogP contribution in [0.3, 0.4) is 0 Å². The number of amides is 1. The van der Waals surface area contributed by atoms with E-state index in [-0.39, 0.29) is 23.9 Å². The average Bonchev–Trinajstić information content (AvgIpc) is 2.87. The zero-order valence-corrected chi connectivity index (χ0v) is 12.3. The second-order valence-corrected chi connectivity index (χ2v) is 4.87. The van der Waals surface area contributed by atoms with Crippen molar-refractivity contribution in [1.29, 1.82) is 0 Å². The average molecular weight is 274 g/mol. The number of hydrogen-bond donors (Lipinski definition) is 1. The van der Waals surface area contributed by atoms with Gasteiger partial charge in [0, 0.05) is 26.8 Å². The summed E-state index contributed by atoms with van der Waals surface area (Å²) in [5.41, 5.74) is 0. The molecule has 1 aliphatic heterocycles. The summed E-state index contributed by atoms with van der Waals surface area (Å²) < 4.78 is 15.6. The summed E-state index contributed by atoms with van der Waals surface area (Å²) in [5, 5.41) is 3.14. The van der Waals surface area contributed by atoms with Crippen LogP contribution in [0.1, 0.15) is 6.92 Å². The largest absolute Gasteiger partial charge is 0.383 e. The van der Waals surface area contributed by atoms with E-state index in [4.69, 9.17) is 14.2 Å². The van der Waals surface area contributed by atoms with Gasteiger partial charge in [-0.25, -0.2) is 0 Å². The van der Waals surface area contributed by atoms with Gasteiger partial charge in [-0.3, -0.25) is 4.79 Å². The van der Waals surface area contributed by atoms with Gasteiger partial charge in [0.25, 0.3) is 0 Å². The Morgan fingerprint density at radius 3 is 2.74 bits per heavy atom. The standard InChI is InChI=1S/C13H26N2O4/c1-10(7-18-4)15(5-6-17-3)13(16)11-8-19-9-12(11)14-2/h10-12,14H,5-9H2,1-4H3. The van der Waals surface area contributed by atoms with E-state index < -0.39 is 0 Å². The monoisotopic (exact) mass is 274 g/mol. The van der Waals surface area contributed by atoms with E-state index in [1.807, 2.05) is 18.9 Å². The highest BCUT2D eigenvalue weighted by Crippen LogP contribution is 2.18. The lowest BCUT2D eigenvalue weighted by Gasteiger charge is -2.32. The maximum atomic E-state index is 12.6. The first-order chi connectivity index (χ1) is 9.15. The second kappa shape index (κ2) is 8.47. The Bertz CT molecular complexity index is 275. The van der Waals surface area contributed by atoms with E-state index >= 15 is 0 Å². The first-order valence-electron chi connectivity index (χ1n) is 6.69. The molecule has 1 rings (SSSR count). The highest BCUT2D eigenvalue weighted by Gasteiger charge is 2.36. The zero-order chi connectivity index (χ0) is 14.3. The molecule has 0 bridgehead atoms. The summed E-state index contributed by atoms with van der Waals surface area (Å²) in [6.07, 6.45) is 0. The molecule has 3 atom stereocenters. The number of carbonyl (C=O) groups is 1. The fraction of sp³-hybridized carbons (Fsp3) is 0.923. The van der Waals surface area contributed by atoms with Crippen molar-refractivity contribution in [2.24, 2.45) is 5.92 Å². The Balaban J connectivity index is 2.69. The van der Waals surface area contributed by atoms with Crippen LogP contribution in [0.25, 0.3) is 0 Å². The minimum Gasteiger partial charge on any atom is -0.383 e. The molecule has 1 heterocycles. The molecule has 0 aromatic heterocycles. The van der Waals surface area contributed by atoms with Gasteiger partial charge in [0.05, 0.1) is 38.4 Å². The summed E-state index contributed by atoms with van der Waals surface area (Å²) in [6, 6.07) is 0.123. The Hall–Kier alpha value is -0.690. The van der Waals surface area contributed by atoms with E-state index in [0.29, 0.717) is 33.0 Å². The third-order valence-corrected chi connectivity index (χ3v) is 3.53. The normalized spacial score (nSPS) is 24.4. The molecule has 0 aliphatic carbocycles. The summed E-state index contributed by atoms with van der Waals surface area (Å²) in [6.45, 7) is 4.68. The Labute approximate surface area is 115 Å². The fourth-order valence-corrected chi connectivity index (χ4v) is 2.36. The highest BCUT2D eigenvalue weighted by atomic mass is 16.5. The second-order valence-electron chi connectivity index (χ2n) is 4.87. The summed E-state index contributed by atoms with van der Waals surface area (Å²) in [4.78, 5) is 14.5. The van der Waals surface area contributed by atoms with E-state index in [0.717, 1.165) is 0 Å². The molecular formula is C13H26N2O4. The van der Waals surface area contributed by atoms with Crippen LogP contribution >= 0.6 is 0 Å². The minimum atomic E-state index is -0.124. The number of nitrogens with one attached hydrogen (secondary N) is 1. The quantitative estimate of drug-likeness (QED) is 0.660. The first kappa shape index (κ1) is 16.4. The molecule has 1 fully saturated rings. The number of methoxy groups -OCH3 is 2. The fourth-order valence-electron chi connectivity index (χ4n) is 2.36. The van der Waals surface area contributed by atoms with E-state index in [2.05, 4.69) is 5.32 Å². The van der Waals surface area contributed by atoms with Crippen molar-refractivity contribution in [1.82, 2.24) is 10.2 Å². The first-order valence-corrected chi connectivity index (χ1v) is 6.69. The van der Waals surface area contributed by atoms with Gasteiger partial charge < -0.3 is 24.4 Å². The molecule has 6 nitrogen and oxygen atoms in total. The van der Waals surface area contributed by atoms with E-state index in [1.54, 1.807) is 14.2 Å². The Morgan fingerprint density at radius 1 is 1.42 bits per heavy atom. The number of ether oxygens (including phenoxy) is 3. The predicted octanol–water partition coefficient (Wildman–Crippen LogP) is -0.269. The lowest BCUT2D eigenvalue weighted by molar-refractivity contribution is -0.139. The number of nitrogens with zero attached hydrogens (tertiary/aromatic N) is 1. The minimum absolute atomic E-state index is 0.0331. The highest BCUT2D eigenvalue weighted by molar-refractivity contribution is 5.80. The van der Waals surface area contributed by atoms with Gasteiger partial charge in [-0.1, -0.05) is 0 Å². The van der Waals surface area contributed by atoms with Crippen LogP contribution in [-0.4, -0.2) is 77.1 Å². The number of hydrogen-bond acceptors (Lipinski definition) is 5. The van der Waals surface area contributed by atoms with E-state index in [1.165, 1.54) is 0 Å². The molecule has 0 aromatic carbocycles. The number of rotatable bonds is 8. The van der Waals surface area contributed by atoms with Crippen LogP contribution in [0.2, 0.25) is 0 Å². The molecule has 1 N–H and O–H groups in total. The summed E-state index contributed by atoms with van der Waals surface area (Å²) in [5.74, 6) is -0.0142. The van der Waals surface area contributed by atoms with Gasteiger partial charge in [-0.15, -0.1) is 0 Å². The lowest BCUT2D eigenvalue weighted by Crippen LogP contribution is -2.50. The van der Waals surface area contributed by atoms with E-state index in [9.17, 15) is 4.79 Å². The predicted molar refractivity (Wildman–Crippen MR) is 72.1 cm³/mol. The lowest BCUT2D eigenvalue weighted by atomic mass is 10.0. The van der Waals surface area contributed by atoms with Crippen molar-refractivity contribution < 1.29 is 19.0 Å². The van der Waals surface area contributed by atoms with Crippen molar-refractivity contribution in [2.45, 2.75) is 19.0 Å². The Morgan fingerprint density at radius 2 is 2.16 bits per heavy atom. The van der Waals surface area contributed by atoms with Crippen molar-refractivity contribution in [2.75, 3.05) is 54.2 Å². The smallest absolute Gasteiger partial charge is 0.230 e. The topological polar surface area (TPSA) is 60.0 Å². The summed E-state index contributed by atoms with van der Waals surface area (Å²) >= 11 is 0. The van der Waals surface area contributed by atoms with Crippen molar-refractivity contribution in [3.05, 3.63) is 0 Å². The van der Waals surface area contributed by atoms with Gasteiger partial charge in [0.15, 0.2) is 0 Å². The molecule has 0 radical (unpaired) electrons. The van der Waals surface area contributed by atoms with Crippen LogP contribution in [0.4, 0.5) is 0 Å². The molecule has 0 spiro atoms. The van der Waals surface area contributed by atoms with Gasteiger partial charge >= 0.3 is 0 Å². The zero-order valence-electron chi connectivity index (χ0n) is 12.3. The van der Waals surface area contributed by atoms with Crippen LogP contribution in [0.15, 0.2) is 0 Å². The Kier molecular flexibility index (Phi) is 7.30. The third kappa shape index (κ3) is 4.42. The number of likely N-dealkylation sites (N-methyl/N-ethyl adjacent to an activating group) is 1. The van der Waals surface area contributed by atoms with Crippen LogP contribution in [0, 0.1) is 5.92 Å². The molecule has 19 heavy (non-hydrogen) atoms. The molecule has 1 amide bonds. The van der Waals surface area contributed by atoms with Crippen LogP contribution in [0.5, 0.6) is 0 Å². The van der Waals surface area contributed by atoms with Crippen molar-refractivity contribution >= 4 is 5.91 Å². The third-order valence-electron chi connectivity index (χ3n) is 3.53. The van der Waals surface area contributed by atoms with Crippen LogP contribution < -0.4 is 5.32 Å².